The number of carbonyl (C=O) groups excluding carboxylic acids is 2. The second-order valence-electron chi connectivity index (χ2n) is 8.29. The molecule has 0 bridgehead atoms. The predicted molar refractivity (Wildman–Crippen MR) is 123 cm³/mol. The molecule has 2 fully saturated rings. The van der Waals surface area contributed by atoms with Gasteiger partial charge >= 0.3 is 5.97 Å². The summed E-state index contributed by atoms with van der Waals surface area (Å²) in [7, 11) is 0. The van der Waals surface area contributed by atoms with Gasteiger partial charge in [0, 0.05) is 36.4 Å². The van der Waals surface area contributed by atoms with Gasteiger partial charge in [-0.1, -0.05) is 31.2 Å². The molecule has 1 aliphatic carbocycles. The highest BCUT2D eigenvalue weighted by atomic mass is 32.1. The summed E-state index contributed by atoms with van der Waals surface area (Å²) in [4.78, 5) is 29.1. The zero-order valence-electron chi connectivity index (χ0n) is 18.4. The minimum Gasteiger partial charge on any atom is -0.465 e. The first-order valence-corrected chi connectivity index (χ1v) is 11.7. The molecule has 3 rings (SSSR count). The largest absolute Gasteiger partial charge is 0.465 e. The van der Waals surface area contributed by atoms with Gasteiger partial charge in [-0.25, -0.2) is 4.39 Å². The van der Waals surface area contributed by atoms with E-state index in [1.165, 1.54) is 6.07 Å². The van der Waals surface area contributed by atoms with Crippen LogP contribution in [0.3, 0.4) is 0 Å². The number of esters is 1. The van der Waals surface area contributed by atoms with Crippen LogP contribution in [0, 0.1) is 11.7 Å². The Hall–Kier alpha value is -1.70. The third kappa shape index (κ3) is 6.40. The molecule has 0 amide bonds. The maximum atomic E-state index is 14.6. The van der Waals surface area contributed by atoms with Gasteiger partial charge in [0.05, 0.1) is 19.2 Å². The molecule has 7 heteroatoms. The molecule has 1 saturated heterocycles. The molecule has 0 spiro atoms. The van der Waals surface area contributed by atoms with Crippen LogP contribution >= 0.6 is 12.6 Å². The molecule has 170 valence electrons. The van der Waals surface area contributed by atoms with Crippen molar-refractivity contribution in [1.82, 2.24) is 9.80 Å². The van der Waals surface area contributed by atoms with E-state index in [1.807, 2.05) is 11.8 Å². The van der Waals surface area contributed by atoms with E-state index in [9.17, 15) is 14.0 Å². The normalized spacial score (nSPS) is 22.0. The minimum absolute atomic E-state index is 0.0471. The van der Waals surface area contributed by atoms with Gasteiger partial charge in [0.1, 0.15) is 5.82 Å². The van der Waals surface area contributed by atoms with E-state index < -0.39 is 6.04 Å². The SMILES string of the molecule is CCOC(=O)CN(CC)CC=C1CN(C(C(=O)C2CC2)c2ccccc2F)CCC1S. The van der Waals surface area contributed by atoms with Crippen molar-refractivity contribution in [1.29, 1.82) is 0 Å². The van der Waals surface area contributed by atoms with Crippen LogP contribution in [0.2, 0.25) is 0 Å². The van der Waals surface area contributed by atoms with Crippen LogP contribution in [0.5, 0.6) is 0 Å². The van der Waals surface area contributed by atoms with Crippen LogP contribution in [0.4, 0.5) is 4.39 Å². The summed E-state index contributed by atoms with van der Waals surface area (Å²) in [5.74, 6) is -0.387. The van der Waals surface area contributed by atoms with Crippen molar-refractivity contribution >= 4 is 24.4 Å². The van der Waals surface area contributed by atoms with Gasteiger partial charge in [-0.3, -0.25) is 19.4 Å². The fourth-order valence-electron chi connectivity index (χ4n) is 4.07. The third-order valence-corrected chi connectivity index (χ3v) is 6.62. The second kappa shape index (κ2) is 11.2. The maximum absolute atomic E-state index is 14.6. The second-order valence-corrected chi connectivity index (χ2v) is 8.91. The van der Waals surface area contributed by atoms with Crippen LogP contribution in [0.25, 0.3) is 0 Å². The smallest absolute Gasteiger partial charge is 0.320 e. The predicted octanol–water partition coefficient (Wildman–Crippen LogP) is 3.66. The molecule has 0 aromatic heterocycles. The molecule has 2 unspecified atom stereocenters. The fraction of sp³-hybridized carbons (Fsp3) is 0.583. The Morgan fingerprint density at radius 1 is 1.29 bits per heavy atom. The Kier molecular flexibility index (Phi) is 8.69. The molecule has 0 radical (unpaired) electrons. The fourth-order valence-corrected chi connectivity index (χ4v) is 4.37. The first-order valence-electron chi connectivity index (χ1n) is 11.2. The highest BCUT2D eigenvalue weighted by Crippen LogP contribution is 2.39. The van der Waals surface area contributed by atoms with Crippen molar-refractivity contribution in [3.8, 4) is 0 Å². The number of nitrogens with zero attached hydrogens (tertiary/aromatic N) is 2. The van der Waals surface area contributed by atoms with Crippen molar-refractivity contribution in [2.45, 2.75) is 44.4 Å². The van der Waals surface area contributed by atoms with Crippen molar-refractivity contribution in [2.75, 3.05) is 39.3 Å². The van der Waals surface area contributed by atoms with E-state index in [4.69, 9.17) is 17.4 Å². The summed E-state index contributed by atoms with van der Waals surface area (Å²) < 4.78 is 19.7. The minimum atomic E-state index is -0.556. The number of likely N-dealkylation sites (tertiary alicyclic amines) is 1. The molecule has 1 aromatic carbocycles. The van der Waals surface area contributed by atoms with Gasteiger partial charge in [0.15, 0.2) is 5.78 Å². The highest BCUT2D eigenvalue weighted by molar-refractivity contribution is 7.81. The van der Waals surface area contributed by atoms with Gasteiger partial charge in [0.2, 0.25) is 0 Å². The Balaban J connectivity index is 1.75. The molecule has 1 heterocycles. The number of Topliss-reactive ketones (excluding diaryl/α,β-unsaturated/α-hetero) is 1. The van der Waals surface area contributed by atoms with E-state index >= 15 is 0 Å². The van der Waals surface area contributed by atoms with Crippen molar-refractivity contribution in [2.24, 2.45) is 5.92 Å². The standard InChI is InChI=1S/C24H33FN2O3S/c1-3-26(16-22(28)30-4-2)13-11-18-15-27(14-12-21(18)31)23(24(29)17-9-10-17)19-7-5-6-8-20(19)25/h5-8,11,17,21,23,31H,3-4,9-10,12-16H2,1-2H3. The van der Waals surface area contributed by atoms with Crippen LogP contribution in [0.15, 0.2) is 35.9 Å². The monoisotopic (exact) mass is 448 g/mol. The van der Waals surface area contributed by atoms with Crippen molar-refractivity contribution in [3.63, 3.8) is 0 Å². The number of hydrogen-bond donors (Lipinski definition) is 1. The van der Waals surface area contributed by atoms with E-state index in [-0.39, 0.29) is 35.3 Å². The lowest BCUT2D eigenvalue weighted by Gasteiger charge is -2.38. The average molecular weight is 449 g/mol. The molecule has 0 N–H and O–H groups in total. The number of thiol groups is 1. The molecular formula is C24H33FN2O3S. The summed E-state index contributed by atoms with van der Waals surface area (Å²) in [5, 5.41) is 0.0925. The Bertz CT molecular complexity index is 812. The number of ketones is 1. The molecule has 1 saturated carbocycles. The third-order valence-electron chi connectivity index (χ3n) is 6.03. The van der Waals surface area contributed by atoms with E-state index in [0.717, 1.165) is 31.4 Å². The highest BCUT2D eigenvalue weighted by Gasteiger charge is 2.40. The summed E-state index contributed by atoms with van der Waals surface area (Å²) in [5.41, 5.74) is 1.58. The zero-order valence-corrected chi connectivity index (χ0v) is 19.3. The lowest BCUT2D eigenvalue weighted by molar-refractivity contribution is -0.144. The molecule has 31 heavy (non-hydrogen) atoms. The number of halogens is 1. The summed E-state index contributed by atoms with van der Waals surface area (Å²) in [6.07, 6.45) is 4.69. The van der Waals surface area contributed by atoms with Crippen LogP contribution < -0.4 is 0 Å². The lowest BCUT2D eigenvalue weighted by Crippen LogP contribution is -2.43. The number of piperidine rings is 1. The Morgan fingerprint density at radius 2 is 2.03 bits per heavy atom. The van der Waals surface area contributed by atoms with E-state index in [1.54, 1.807) is 25.1 Å². The first kappa shape index (κ1) is 24.0. The Labute approximate surface area is 190 Å². The van der Waals surface area contributed by atoms with Gasteiger partial charge in [-0.05, 0) is 44.4 Å². The van der Waals surface area contributed by atoms with Crippen LogP contribution in [-0.2, 0) is 14.3 Å². The van der Waals surface area contributed by atoms with Gasteiger partial charge in [-0.2, -0.15) is 12.6 Å². The molecule has 2 atom stereocenters. The topological polar surface area (TPSA) is 49.9 Å². The van der Waals surface area contributed by atoms with E-state index in [0.29, 0.717) is 31.8 Å². The average Bonchev–Trinajstić information content (AvgIpc) is 3.60. The first-order chi connectivity index (χ1) is 14.9. The maximum Gasteiger partial charge on any atom is 0.320 e. The van der Waals surface area contributed by atoms with E-state index in [2.05, 4.69) is 11.0 Å². The summed E-state index contributed by atoms with van der Waals surface area (Å²) in [6, 6.07) is 6.06. The number of benzene rings is 1. The molecule has 2 aliphatic rings. The molecule has 5 nitrogen and oxygen atoms in total. The number of rotatable bonds is 10. The molecule has 1 aliphatic heterocycles. The quantitative estimate of drug-likeness (QED) is 0.336. The van der Waals surface area contributed by atoms with Crippen molar-refractivity contribution < 1.29 is 18.7 Å². The Morgan fingerprint density at radius 3 is 2.68 bits per heavy atom. The van der Waals surface area contributed by atoms with Crippen LogP contribution in [-0.4, -0.2) is 66.1 Å². The van der Waals surface area contributed by atoms with Gasteiger partial charge in [0.25, 0.3) is 0 Å². The molecule has 1 aromatic rings. The zero-order chi connectivity index (χ0) is 22.4. The summed E-state index contributed by atoms with van der Waals surface area (Å²) in [6.45, 7) is 7.02. The lowest BCUT2D eigenvalue weighted by atomic mass is 9.93. The van der Waals surface area contributed by atoms with Gasteiger partial charge in [-0.15, -0.1) is 0 Å². The number of carbonyl (C=O) groups is 2. The van der Waals surface area contributed by atoms with Crippen molar-refractivity contribution in [3.05, 3.63) is 47.3 Å². The number of likely N-dealkylation sites (N-methyl/N-ethyl adjacent to an activating group) is 1. The number of hydrogen-bond acceptors (Lipinski definition) is 6. The summed E-state index contributed by atoms with van der Waals surface area (Å²) >= 11 is 4.75. The number of ether oxygens (including phenoxy) is 1. The molecular weight excluding hydrogens is 415 g/mol. The van der Waals surface area contributed by atoms with Crippen LogP contribution in [0.1, 0.15) is 44.7 Å². The van der Waals surface area contributed by atoms with Gasteiger partial charge < -0.3 is 4.74 Å².